The Bertz CT molecular complexity index is 885. The molecule has 0 saturated heterocycles. The lowest BCUT2D eigenvalue weighted by Gasteiger charge is -2.29. The first kappa shape index (κ1) is 28.4. The molecule has 0 aromatic heterocycles. The van der Waals surface area contributed by atoms with E-state index in [9.17, 15) is 22.0 Å². The van der Waals surface area contributed by atoms with Crippen molar-refractivity contribution in [2.24, 2.45) is 5.92 Å². The van der Waals surface area contributed by atoms with Crippen LogP contribution in [0.3, 0.4) is 0 Å². The van der Waals surface area contributed by atoms with Crippen LogP contribution in [0.4, 0.5) is 22.0 Å². The molecule has 2 nitrogen and oxygen atoms in total. The summed E-state index contributed by atoms with van der Waals surface area (Å²) in [6.07, 6.45) is 4.46. The first-order valence-electron chi connectivity index (χ1n) is 13.1. The molecule has 36 heavy (non-hydrogen) atoms. The summed E-state index contributed by atoms with van der Waals surface area (Å²) >= 11 is 0. The average molecular weight is 513 g/mol. The van der Waals surface area contributed by atoms with Crippen molar-refractivity contribution in [1.82, 2.24) is 0 Å². The van der Waals surface area contributed by atoms with Crippen molar-refractivity contribution in [3.8, 4) is 5.75 Å². The van der Waals surface area contributed by atoms with Gasteiger partial charge in [0.1, 0.15) is 5.75 Å². The maximum atomic E-state index is 14.6. The highest BCUT2D eigenvalue weighted by molar-refractivity contribution is 5.28. The molecule has 1 aliphatic carbocycles. The van der Waals surface area contributed by atoms with Gasteiger partial charge < -0.3 is 9.47 Å². The van der Waals surface area contributed by atoms with E-state index < -0.39 is 12.5 Å². The summed E-state index contributed by atoms with van der Waals surface area (Å²) in [6, 6.07) is 11.6. The average Bonchev–Trinajstić information content (AvgIpc) is 2.84. The molecule has 0 radical (unpaired) electrons. The van der Waals surface area contributed by atoms with E-state index in [4.69, 9.17) is 4.74 Å². The van der Waals surface area contributed by atoms with E-state index in [0.29, 0.717) is 11.5 Å². The Morgan fingerprint density at radius 2 is 1.42 bits per heavy atom. The molecule has 7 heteroatoms. The second kappa shape index (κ2) is 13.4. The third kappa shape index (κ3) is 9.38. The Morgan fingerprint density at radius 1 is 0.778 bits per heavy atom. The van der Waals surface area contributed by atoms with E-state index in [1.54, 1.807) is 12.1 Å². The molecule has 200 valence electrons. The summed E-state index contributed by atoms with van der Waals surface area (Å²) in [5.74, 6) is 0.871. The lowest BCUT2D eigenvalue weighted by molar-refractivity contribution is -0.274. The molecule has 0 unspecified atom stereocenters. The summed E-state index contributed by atoms with van der Waals surface area (Å²) in [5.41, 5.74) is 1.49. The number of hydrogen-bond donors (Lipinski definition) is 0. The van der Waals surface area contributed by atoms with Gasteiger partial charge in [-0.25, -0.2) is 0 Å². The first-order valence-corrected chi connectivity index (χ1v) is 13.1. The maximum absolute atomic E-state index is 14.6. The Balaban J connectivity index is 1.41. The van der Waals surface area contributed by atoms with Gasteiger partial charge >= 0.3 is 12.5 Å². The van der Waals surface area contributed by atoms with Gasteiger partial charge in [-0.05, 0) is 67.2 Å². The molecular formula is C29H37F5O2. The van der Waals surface area contributed by atoms with Gasteiger partial charge in [-0.1, -0.05) is 81.8 Å². The van der Waals surface area contributed by atoms with Crippen molar-refractivity contribution in [2.75, 3.05) is 6.61 Å². The zero-order valence-corrected chi connectivity index (χ0v) is 21.0. The van der Waals surface area contributed by atoms with Crippen LogP contribution in [-0.2, 0) is 17.3 Å². The predicted molar refractivity (Wildman–Crippen MR) is 131 cm³/mol. The Morgan fingerprint density at radius 3 is 2.03 bits per heavy atom. The fraction of sp³-hybridized carbons (Fsp3) is 0.586. The van der Waals surface area contributed by atoms with Gasteiger partial charge in [0, 0.05) is 0 Å². The van der Waals surface area contributed by atoms with Crippen molar-refractivity contribution in [3.05, 3.63) is 65.2 Å². The first-order chi connectivity index (χ1) is 17.2. The lowest BCUT2D eigenvalue weighted by Crippen LogP contribution is -2.20. The quantitative estimate of drug-likeness (QED) is 0.197. The molecule has 2 aromatic carbocycles. The molecule has 1 saturated carbocycles. The summed E-state index contributed by atoms with van der Waals surface area (Å²) in [7, 11) is 0. The molecule has 0 aliphatic heterocycles. The van der Waals surface area contributed by atoms with Crippen LogP contribution in [0.15, 0.2) is 48.5 Å². The van der Waals surface area contributed by atoms with Crippen LogP contribution in [-0.4, -0.2) is 13.0 Å². The van der Waals surface area contributed by atoms with Gasteiger partial charge in [0.25, 0.3) is 0 Å². The smallest absolute Gasteiger partial charge is 0.406 e. The van der Waals surface area contributed by atoms with Gasteiger partial charge in [0.15, 0.2) is 0 Å². The minimum absolute atomic E-state index is 0.141. The summed E-state index contributed by atoms with van der Waals surface area (Å²) in [6.45, 7) is 1.96. The monoisotopic (exact) mass is 512 g/mol. The van der Waals surface area contributed by atoms with Crippen LogP contribution in [0, 0.1) is 5.92 Å². The van der Waals surface area contributed by atoms with Crippen LogP contribution in [0.5, 0.6) is 5.75 Å². The van der Waals surface area contributed by atoms with E-state index in [-0.39, 0.29) is 24.3 Å². The largest absolute Gasteiger partial charge is 0.573 e. The fourth-order valence-electron chi connectivity index (χ4n) is 5.01. The number of halogens is 5. The minimum atomic E-state index is -4.77. The molecule has 0 atom stereocenters. The Hall–Kier alpha value is -2.15. The van der Waals surface area contributed by atoms with Gasteiger partial charge in [-0.15, -0.1) is 13.2 Å². The Kier molecular flexibility index (Phi) is 10.6. The van der Waals surface area contributed by atoms with E-state index in [0.717, 1.165) is 36.5 Å². The van der Waals surface area contributed by atoms with Crippen LogP contribution in [0.25, 0.3) is 0 Å². The second-order valence-corrected chi connectivity index (χ2v) is 9.85. The Labute approximate surface area is 211 Å². The van der Waals surface area contributed by atoms with Gasteiger partial charge in [0.2, 0.25) is 0 Å². The highest BCUT2D eigenvalue weighted by atomic mass is 19.4. The molecule has 0 spiro atoms. The van der Waals surface area contributed by atoms with Gasteiger partial charge in [-0.2, -0.15) is 8.78 Å². The number of benzene rings is 2. The zero-order chi connectivity index (χ0) is 26.0. The number of alkyl halides is 5. The SMILES string of the molecule is CCCCCCCC1CCC(c2ccc(C(F)(F)OCCc3ccc(OC(F)(F)F)cc3)cc2)CC1. The molecule has 0 heterocycles. The number of ether oxygens (including phenoxy) is 2. The molecule has 2 aromatic rings. The fourth-order valence-corrected chi connectivity index (χ4v) is 5.01. The van der Waals surface area contributed by atoms with E-state index in [1.165, 1.54) is 75.6 Å². The maximum Gasteiger partial charge on any atom is 0.573 e. The lowest BCUT2D eigenvalue weighted by atomic mass is 9.77. The number of unbranched alkanes of at least 4 members (excludes halogenated alkanes) is 4. The summed E-state index contributed by atoms with van der Waals surface area (Å²) in [4.78, 5) is 0. The standard InChI is InChI=1S/C29H37F5O2/c1-2-3-4-5-6-7-22-8-12-24(13-9-22)25-14-16-26(17-15-25)28(30,31)35-21-20-23-10-18-27(19-11-23)36-29(32,33)34/h10-11,14-19,22,24H,2-9,12-13,20-21H2,1H3. The van der Waals surface area contributed by atoms with Crippen molar-refractivity contribution < 1.29 is 31.4 Å². The highest BCUT2D eigenvalue weighted by Gasteiger charge is 2.33. The summed E-state index contributed by atoms with van der Waals surface area (Å²) < 4.78 is 74.5. The predicted octanol–water partition coefficient (Wildman–Crippen LogP) is 9.53. The molecule has 3 rings (SSSR count). The van der Waals surface area contributed by atoms with Crippen LogP contribution in [0.2, 0.25) is 0 Å². The normalized spacial score (nSPS) is 18.8. The number of rotatable bonds is 13. The topological polar surface area (TPSA) is 18.5 Å². The van der Waals surface area contributed by atoms with E-state index in [2.05, 4.69) is 11.7 Å². The van der Waals surface area contributed by atoms with E-state index in [1.807, 2.05) is 0 Å². The third-order valence-corrected chi connectivity index (χ3v) is 7.11. The third-order valence-electron chi connectivity index (χ3n) is 7.11. The molecule has 1 aliphatic rings. The molecule has 1 fully saturated rings. The molecule has 0 amide bonds. The van der Waals surface area contributed by atoms with Crippen LogP contribution >= 0.6 is 0 Å². The highest BCUT2D eigenvalue weighted by Crippen LogP contribution is 2.39. The zero-order valence-electron chi connectivity index (χ0n) is 21.0. The second-order valence-electron chi connectivity index (χ2n) is 9.85. The van der Waals surface area contributed by atoms with Crippen molar-refractivity contribution in [2.45, 2.75) is 95.9 Å². The molecule has 0 N–H and O–H groups in total. The molecular weight excluding hydrogens is 475 g/mol. The van der Waals surface area contributed by atoms with Crippen molar-refractivity contribution in [1.29, 1.82) is 0 Å². The van der Waals surface area contributed by atoms with Crippen molar-refractivity contribution >= 4 is 0 Å². The number of hydrogen-bond acceptors (Lipinski definition) is 2. The van der Waals surface area contributed by atoms with E-state index >= 15 is 0 Å². The van der Waals surface area contributed by atoms with Crippen LogP contribution < -0.4 is 4.74 Å². The minimum Gasteiger partial charge on any atom is -0.406 e. The van der Waals surface area contributed by atoms with Crippen LogP contribution in [0.1, 0.15) is 93.7 Å². The van der Waals surface area contributed by atoms with Gasteiger partial charge in [0.05, 0.1) is 12.2 Å². The van der Waals surface area contributed by atoms with Gasteiger partial charge in [-0.3, -0.25) is 0 Å². The van der Waals surface area contributed by atoms with Crippen molar-refractivity contribution in [3.63, 3.8) is 0 Å². The summed E-state index contributed by atoms with van der Waals surface area (Å²) in [5, 5.41) is 0. The molecule has 0 bridgehead atoms.